The first-order valence-electron chi connectivity index (χ1n) is 4.43. The number of carboxylic acid groups (broad SMARTS) is 1. The van der Waals surface area contributed by atoms with E-state index >= 15 is 0 Å². The van der Waals surface area contributed by atoms with Gasteiger partial charge < -0.3 is 5.11 Å². The molecule has 1 atom stereocenters. The Balaban J connectivity index is 4.44. The van der Waals surface area contributed by atoms with Crippen LogP contribution < -0.4 is 5.84 Å². The first-order valence-corrected chi connectivity index (χ1v) is 6.04. The van der Waals surface area contributed by atoms with Gasteiger partial charge in [-0.25, -0.2) is 5.84 Å². The van der Waals surface area contributed by atoms with E-state index in [4.69, 9.17) is 15.5 Å². The van der Waals surface area contributed by atoms with Gasteiger partial charge in [0.1, 0.15) is 5.92 Å². The highest BCUT2D eigenvalue weighted by atomic mass is 32.2. The molecule has 0 radical (unpaired) electrons. The average molecular weight is 254 g/mol. The molecule has 4 N–H and O–H groups in total. The van der Waals surface area contributed by atoms with Gasteiger partial charge in [-0.05, 0) is 6.42 Å². The fraction of sp³-hybridized carbons (Fsp3) is 0.714. The summed E-state index contributed by atoms with van der Waals surface area (Å²) in [5.74, 6) is 0.939. The maximum Gasteiger partial charge on any atom is 0.316 e. The van der Waals surface area contributed by atoms with Crippen molar-refractivity contribution in [3.05, 3.63) is 0 Å². The summed E-state index contributed by atoms with van der Waals surface area (Å²) in [6.07, 6.45) is 0.0493. The largest absolute Gasteiger partial charge is 0.481 e. The van der Waals surface area contributed by atoms with Crippen LogP contribution in [0.15, 0.2) is 0 Å². The van der Waals surface area contributed by atoms with Crippen molar-refractivity contribution in [2.24, 2.45) is 11.8 Å². The van der Waals surface area contributed by atoms with E-state index in [-0.39, 0.29) is 6.42 Å². The number of carbonyl (C=O) groups excluding carboxylic acids is 1. The molecule has 1 unspecified atom stereocenters. The smallest absolute Gasteiger partial charge is 0.316 e. The minimum absolute atomic E-state index is 0.0493. The number of nitrogens with two attached hydrogens (primary N) is 1. The Morgan fingerprint density at radius 1 is 1.44 bits per heavy atom. The molecule has 0 fully saturated rings. The topological polar surface area (TPSA) is 138 Å². The molecule has 0 aromatic rings. The van der Waals surface area contributed by atoms with E-state index < -0.39 is 40.2 Å². The predicted molar refractivity (Wildman–Crippen MR) is 53.7 cm³/mol. The van der Waals surface area contributed by atoms with Gasteiger partial charge in [-0.15, -0.1) is 0 Å². The highest BCUT2D eigenvalue weighted by Crippen LogP contribution is 2.05. The Hall–Kier alpha value is -1.19. The molecule has 0 aliphatic heterocycles. The lowest BCUT2D eigenvalue weighted by molar-refractivity contribution is -0.151. The van der Waals surface area contributed by atoms with Crippen molar-refractivity contribution in [3.8, 4) is 0 Å². The van der Waals surface area contributed by atoms with Gasteiger partial charge in [-0.1, -0.05) is 6.92 Å². The van der Waals surface area contributed by atoms with Crippen LogP contribution >= 0.6 is 0 Å². The minimum atomic E-state index is -4.23. The normalized spacial score (nSPS) is 13.2. The van der Waals surface area contributed by atoms with Crippen LogP contribution in [-0.4, -0.2) is 47.3 Å². The van der Waals surface area contributed by atoms with Gasteiger partial charge in [-0.3, -0.25) is 19.2 Å². The molecule has 8 nitrogen and oxygen atoms in total. The summed E-state index contributed by atoms with van der Waals surface area (Å²) in [6, 6.07) is 0. The lowest BCUT2D eigenvalue weighted by Crippen LogP contribution is -2.45. The third-order valence-electron chi connectivity index (χ3n) is 1.88. The maximum absolute atomic E-state index is 11.4. The van der Waals surface area contributed by atoms with Gasteiger partial charge in [0.15, 0.2) is 0 Å². The number of hydrazine groups is 1. The summed E-state index contributed by atoms with van der Waals surface area (Å²) in [4.78, 5) is 22.0. The van der Waals surface area contributed by atoms with Crippen molar-refractivity contribution < 1.29 is 27.7 Å². The third kappa shape index (κ3) is 5.05. The zero-order chi connectivity index (χ0) is 12.9. The van der Waals surface area contributed by atoms with Crippen LogP contribution in [0, 0.1) is 5.92 Å². The standard InChI is InChI=1S/C7H14N2O6S/c1-2-5(7(11)12)6(10)9(8)3-4-16(13,14)15/h5H,2-4,8H2,1H3,(H,11,12)(H,13,14,15). The van der Waals surface area contributed by atoms with Crippen LogP contribution in [0.25, 0.3) is 0 Å². The van der Waals surface area contributed by atoms with Gasteiger partial charge in [-0.2, -0.15) is 8.42 Å². The van der Waals surface area contributed by atoms with E-state index in [0.717, 1.165) is 0 Å². The lowest BCUT2D eigenvalue weighted by atomic mass is 10.1. The summed E-state index contributed by atoms with van der Waals surface area (Å²) in [7, 11) is -4.23. The second kappa shape index (κ2) is 5.77. The Morgan fingerprint density at radius 2 is 1.94 bits per heavy atom. The quantitative estimate of drug-likeness (QED) is 0.176. The minimum Gasteiger partial charge on any atom is -0.481 e. The van der Waals surface area contributed by atoms with E-state index in [1.54, 1.807) is 0 Å². The molecule has 16 heavy (non-hydrogen) atoms. The van der Waals surface area contributed by atoms with Crippen molar-refractivity contribution >= 4 is 22.0 Å². The summed E-state index contributed by atoms with van der Waals surface area (Å²) < 4.78 is 29.2. The highest BCUT2D eigenvalue weighted by molar-refractivity contribution is 7.85. The van der Waals surface area contributed by atoms with Gasteiger partial charge in [0.25, 0.3) is 16.0 Å². The Labute approximate surface area is 92.7 Å². The van der Waals surface area contributed by atoms with Crippen molar-refractivity contribution in [3.63, 3.8) is 0 Å². The number of amides is 1. The van der Waals surface area contributed by atoms with E-state index in [1.807, 2.05) is 0 Å². The molecule has 0 spiro atoms. The van der Waals surface area contributed by atoms with E-state index in [1.165, 1.54) is 6.92 Å². The molecule has 1 amide bonds. The molecule has 0 rings (SSSR count). The molecule has 0 aromatic carbocycles. The van der Waals surface area contributed by atoms with E-state index in [2.05, 4.69) is 0 Å². The third-order valence-corrected chi connectivity index (χ3v) is 2.58. The first kappa shape index (κ1) is 14.8. The lowest BCUT2D eigenvalue weighted by Gasteiger charge is -2.19. The zero-order valence-electron chi connectivity index (χ0n) is 8.66. The fourth-order valence-electron chi connectivity index (χ4n) is 0.979. The highest BCUT2D eigenvalue weighted by Gasteiger charge is 2.28. The van der Waals surface area contributed by atoms with Crippen LogP contribution in [0.3, 0.4) is 0 Å². The van der Waals surface area contributed by atoms with Crippen molar-refractivity contribution in [2.45, 2.75) is 13.3 Å². The molecular weight excluding hydrogens is 240 g/mol. The van der Waals surface area contributed by atoms with E-state index in [9.17, 15) is 18.0 Å². The van der Waals surface area contributed by atoms with Crippen LogP contribution in [0.4, 0.5) is 0 Å². The second-order valence-corrected chi connectivity index (χ2v) is 4.69. The molecule has 0 aliphatic carbocycles. The zero-order valence-corrected chi connectivity index (χ0v) is 9.48. The van der Waals surface area contributed by atoms with Crippen molar-refractivity contribution in [2.75, 3.05) is 12.3 Å². The molecule has 0 bridgehead atoms. The maximum atomic E-state index is 11.4. The second-order valence-electron chi connectivity index (χ2n) is 3.12. The van der Waals surface area contributed by atoms with Crippen LogP contribution in [0.5, 0.6) is 0 Å². The summed E-state index contributed by atoms with van der Waals surface area (Å²) in [5, 5.41) is 9.13. The molecule has 9 heteroatoms. The van der Waals surface area contributed by atoms with Crippen LogP contribution in [0.2, 0.25) is 0 Å². The van der Waals surface area contributed by atoms with Crippen molar-refractivity contribution in [1.82, 2.24) is 5.01 Å². The van der Waals surface area contributed by atoms with Gasteiger partial charge in [0.2, 0.25) is 0 Å². The van der Waals surface area contributed by atoms with Crippen LogP contribution in [0.1, 0.15) is 13.3 Å². The molecule has 94 valence electrons. The summed E-state index contributed by atoms with van der Waals surface area (Å²) >= 11 is 0. The Morgan fingerprint density at radius 3 is 2.25 bits per heavy atom. The molecule has 0 saturated carbocycles. The molecule has 0 heterocycles. The number of rotatable bonds is 6. The number of nitrogens with zero attached hydrogens (tertiary/aromatic N) is 1. The monoisotopic (exact) mass is 254 g/mol. The Kier molecular flexibility index (Phi) is 5.35. The fourth-order valence-corrected chi connectivity index (χ4v) is 1.41. The van der Waals surface area contributed by atoms with Crippen molar-refractivity contribution in [1.29, 1.82) is 0 Å². The number of hydrogen-bond acceptors (Lipinski definition) is 5. The number of carbonyl (C=O) groups is 2. The van der Waals surface area contributed by atoms with Gasteiger partial charge in [0, 0.05) is 0 Å². The first-order chi connectivity index (χ1) is 7.19. The van der Waals surface area contributed by atoms with Gasteiger partial charge >= 0.3 is 5.97 Å². The molecule has 0 aromatic heterocycles. The Bertz CT molecular complexity index is 365. The average Bonchev–Trinajstić information content (AvgIpc) is 2.13. The number of carboxylic acids is 1. The summed E-state index contributed by atoms with van der Waals surface area (Å²) in [6.45, 7) is 1.04. The number of hydrogen-bond donors (Lipinski definition) is 3. The SMILES string of the molecule is CCC(C(=O)O)C(=O)N(N)CCS(=O)(=O)O. The molecular formula is C7H14N2O6S. The molecule has 0 aliphatic rings. The predicted octanol–water partition coefficient (Wildman–Crippen LogP) is -1.31. The number of aliphatic carboxylic acids is 1. The summed E-state index contributed by atoms with van der Waals surface area (Å²) in [5.41, 5.74) is 0. The molecule has 0 saturated heterocycles. The van der Waals surface area contributed by atoms with Gasteiger partial charge in [0.05, 0.1) is 12.3 Å². The van der Waals surface area contributed by atoms with E-state index in [0.29, 0.717) is 5.01 Å². The van der Waals surface area contributed by atoms with Crippen LogP contribution in [-0.2, 0) is 19.7 Å².